The molecule has 37 heavy (non-hydrogen) atoms. The first-order chi connectivity index (χ1) is 17.4. The molecule has 2 aromatic rings. The summed E-state index contributed by atoms with van der Waals surface area (Å²) in [4.78, 5) is 22.9. The summed E-state index contributed by atoms with van der Waals surface area (Å²) in [6.45, 7) is 4.07. The molecule has 0 aliphatic carbocycles. The van der Waals surface area contributed by atoms with Crippen molar-refractivity contribution in [2.45, 2.75) is 38.5 Å². The maximum absolute atomic E-state index is 13.6. The third kappa shape index (κ3) is 5.76. The first-order valence-electron chi connectivity index (χ1n) is 11.5. The summed E-state index contributed by atoms with van der Waals surface area (Å²) >= 11 is 12.4. The summed E-state index contributed by atoms with van der Waals surface area (Å²) in [6.07, 6.45) is -1.60. The Morgan fingerprint density at radius 3 is 2.57 bits per heavy atom. The minimum Gasteiger partial charge on any atom is -0.474 e. The lowest BCUT2D eigenvalue weighted by Gasteiger charge is -2.31. The normalized spacial score (nSPS) is 24.4. The predicted molar refractivity (Wildman–Crippen MR) is 134 cm³/mol. The molecular formula is C26H23Cl2F3N4O2. The van der Waals surface area contributed by atoms with E-state index in [1.807, 2.05) is 19.1 Å². The minimum absolute atomic E-state index is 0.107. The van der Waals surface area contributed by atoms with Crippen molar-refractivity contribution in [3.8, 4) is 11.9 Å². The number of aliphatic imine (C=N–C) groups is 1. The van der Waals surface area contributed by atoms with Gasteiger partial charge in [-0.1, -0.05) is 35.3 Å². The second-order valence-electron chi connectivity index (χ2n) is 9.44. The van der Waals surface area contributed by atoms with Gasteiger partial charge in [0.2, 0.25) is 11.8 Å². The standard InChI is InChI=1S/C26H23Cl2F3N4O2/c1-15(37-23-6-3-16(10-32)11-33-23)18-12-35(13-19(18)17-4-5-20(27)21(28)9-17)24(36)25(2)8-7-22(34-14-25)26(29,30)31/h3-7,9,11,14-15,18-19H,8,12-13H2,1-2H3/t15-,18+,19+,25?/m0/s1. The number of alkyl halides is 3. The molecule has 0 saturated carbocycles. The Balaban J connectivity index is 1.58. The molecule has 1 unspecified atom stereocenters. The van der Waals surface area contributed by atoms with Crippen molar-refractivity contribution < 1.29 is 22.7 Å². The molecule has 2 aliphatic rings. The fourth-order valence-corrected chi connectivity index (χ4v) is 4.99. The third-order valence-corrected chi connectivity index (χ3v) is 7.53. The van der Waals surface area contributed by atoms with E-state index in [4.69, 9.17) is 33.2 Å². The number of ether oxygens (including phenoxy) is 1. The van der Waals surface area contributed by atoms with Crippen molar-refractivity contribution >= 4 is 35.3 Å². The van der Waals surface area contributed by atoms with Gasteiger partial charge in [0.25, 0.3) is 0 Å². The summed E-state index contributed by atoms with van der Waals surface area (Å²) in [5.41, 5.74) is -0.941. The van der Waals surface area contributed by atoms with Crippen LogP contribution in [-0.2, 0) is 4.79 Å². The first-order valence-corrected chi connectivity index (χ1v) is 12.3. The molecule has 1 saturated heterocycles. The quantitative estimate of drug-likeness (QED) is 0.444. The number of pyridine rings is 1. The number of hydrogen-bond acceptors (Lipinski definition) is 5. The van der Waals surface area contributed by atoms with Crippen molar-refractivity contribution in [2.24, 2.45) is 16.3 Å². The lowest BCUT2D eigenvalue weighted by atomic mass is 9.84. The highest BCUT2D eigenvalue weighted by molar-refractivity contribution is 6.42. The van der Waals surface area contributed by atoms with Crippen molar-refractivity contribution in [1.29, 1.82) is 5.26 Å². The molecule has 0 N–H and O–H groups in total. The fraction of sp³-hybridized carbons (Fsp3) is 0.385. The van der Waals surface area contributed by atoms with Crippen molar-refractivity contribution in [2.75, 3.05) is 13.1 Å². The van der Waals surface area contributed by atoms with Crippen LogP contribution in [0.4, 0.5) is 13.2 Å². The molecule has 3 heterocycles. The van der Waals surface area contributed by atoms with Gasteiger partial charge in [0.05, 0.1) is 21.0 Å². The Morgan fingerprint density at radius 2 is 2.00 bits per heavy atom. The van der Waals surface area contributed by atoms with Crippen LogP contribution in [0.2, 0.25) is 10.0 Å². The van der Waals surface area contributed by atoms with Gasteiger partial charge in [0.15, 0.2) is 0 Å². The molecule has 0 bridgehead atoms. The number of nitriles is 1. The van der Waals surface area contributed by atoms with Gasteiger partial charge >= 0.3 is 6.18 Å². The van der Waals surface area contributed by atoms with Crippen LogP contribution in [0.5, 0.6) is 5.88 Å². The van der Waals surface area contributed by atoms with Crippen LogP contribution in [0.1, 0.15) is 37.3 Å². The zero-order valence-electron chi connectivity index (χ0n) is 20.0. The largest absolute Gasteiger partial charge is 0.474 e. The van der Waals surface area contributed by atoms with Gasteiger partial charge in [-0.2, -0.15) is 18.4 Å². The second kappa shape index (κ2) is 10.3. The fourth-order valence-electron chi connectivity index (χ4n) is 4.68. The van der Waals surface area contributed by atoms with E-state index in [1.54, 1.807) is 36.1 Å². The molecule has 1 amide bonds. The van der Waals surface area contributed by atoms with Crippen LogP contribution in [0.15, 0.2) is 53.3 Å². The summed E-state index contributed by atoms with van der Waals surface area (Å²) in [7, 11) is 0. The van der Waals surface area contributed by atoms with Crippen LogP contribution in [-0.4, -0.2) is 47.4 Å². The number of nitrogens with zero attached hydrogens (tertiary/aromatic N) is 4. The molecule has 11 heteroatoms. The number of likely N-dealkylation sites (tertiary alicyclic amines) is 1. The highest BCUT2D eigenvalue weighted by Crippen LogP contribution is 2.41. The molecule has 1 fully saturated rings. The molecule has 1 aromatic heterocycles. The van der Waals surface area contributed by atoms with Crippen molar-refractivity contribution in [1.82, 2.24) is 9.88 Å². The molecule has 4 atom stereocenters. The Kier molecular flexibility index (Phi) is 7.54. The number of amides is 1. The van der Waals surface area contributed by atoms with E-state index in [1.165, 1.54) is 6.20 Å². The van der Waals surface area contributed by atoms with E-state index < -0.39 is 23.4 Å². The molecule has 1 aromatic carbocycles. The number of aromatic nitrogens is 1. The Hall–Kier alpha value is -3.09. The SMILES string of the molecule is C[C@H](Oc1ccc(C#N)cn1)[C@H]1CN(C(=O)C2(C)C=NC(C(F)(F)F)=CC2)C[C@@H]1c1ccc(Cl)c(Cl)c1. The first kappa shape index (κ1) is 27.0. The number of carbonyl (C=O) groups is 1. The third-order valence-electron chi connectivity index (χ3n) is 6.79. The molecule has 0 spiro atoms. The zero-order valence-corrected chi connectivity index (χ0v) is 21.5. The highest BCUT2D eigenvalue weighted by atomic mass is 35.5. The molecule has 4 rings (SSSR count). The van der Waals surface area contributed by atoms with E-state index in [2.05, 4.69) is 9.98 Å². The average molecular weight is 551 g/mol. The maximum atomic E-state index is 13.6. The van der Waals surface area contributed by atoms with E-state index in [-0.39, 0.29) is 24.2 Å². The van der Waals surface area contributed by atoms with Crippen molar-refractivity contribution in [3.63, 3.8) is 0 Å². The molecule has 194 valence electrons. The Bertz CT molecular complexity index is 1290. The summed E-state index contributed by atoms with van der Waals surface area (Å²) in [5, 5.41) is 9.77. The van der Waals surface area contributed by atoms with Crippen LogP contribution in [0.25, 0.3) is 0 Å². The van der Waals surface area contributed by atoms with Gasteiger partial charge in [0.1, 0.15) is 17.9 Å². The highest BCUT2D eigenvalue weighted by Gasteiger charge is 2.46. The average Bonchev–Trinajstić information content (AvgIpc) is 3.31. The van der Waals surface area contributed by atoms with Gasteiger partial charge in [0, 0.05) is 43.4 Å². The number of hydrogen-bond donors (Lipinski definition) is 0. The lowest BCUT2D eigenvalue weighted by Crippen LogP contribution is -2.43. The molecule has 2 aliphatic heterocycles. The van der Waals surface area contributed by atoms with E-state index in [0.29, 0.717) is 34.6 Å². The van der Waals surface area contributed by atoms with Gasteiger partial charge in [-0.15, -0.1) is 0 Å². The Morgan fingerprint density at radius 1 is 1.24 bits per heavy atom. The second-order valence-corrected chi connectivity index (χ2v) is 10.3. The van der Waals surface area contributed by atoms with Crippen LogP contribution >= 0.6 is 23.2 Å². The van der Waals surface area contributed by atoms with Crippen LogP contribution < -0.4 is 4.74 Å². The number of halogens is 5. The maximum Gasteiger partial charge on any atom is 0.432 e. The zero-order chi connectivity index (χ0) is 27.0. The summed E-state index contributed by atoms with van der Waals surface area (Å²) < 4.78 is 45.1. The topological polar surface area (TPSA) is 78.6 Å². The van der Waals surface area contributed by atoms with Crippen LogP contribution in [0.3, 0.4) is 0 Å². The number of allylic oxidation sites excluding steroid dienone is 2. The number of rotatable bonds is 5. The van der Waals surface area contributed by atoms with E-state index in [0.717, 1.165) is 17.9 Å². The van der Waals surface area contributed by atoms with Gasteiger partial charge in [-0.05, 0) is 44.0 Å². The van der Waals surface area contributed by atoms with Gasteiger partial charge < -0.3 is 9.64 Å². The van der Waals surface area contributed by atoms with E-state index in [9.17, 15) is 18.0 Å². The lowest BCUT2D eigenvalue weighted by molar-refractivity contribution is -0.136. The minimum atomic E-state index is -4.56. The van der Waals surface area contributed by atoms with Crippen molar-refractivity contribution in [3.05, 3.63) is 69.5 Å². The number of benzene rings is 1. The van der Waals surface area contributed by atoms with E-state index >= 15 is 0 Å². The summed E-state index contributed by atoms with van der Waals surface area (Å²) in [6, 6.07) is 10.5. The van der Waals surface area contributed by atoms with Gasteiger partial charge in [-0.25, -0.2) is 4.98 Å². The smallest absolute Gasteiger partial charge is 0.432 e. The molecule has 6 nitrogen and oxygen atoms in total. The summed E-state index contributed by atoms with van der Waals surface area (Å²) in [5.74, 6) is -0.355. The molecule has 0 radical (unpaired) electrons. The number of carbonyl (C=O) groups excluding carboxylic acids is 1. The molecular weight excluding hydrogens is 528 g/mol. The predicted octanol–water partition coefficient (Wildman–Crippen LogP) is 6.20. The Labute approximate surface area is 222 Å². The monoisotopic (exact) mass is 550 g/mol. The van der Waals surface area contributed by atoms with Crippen LogP contribution in [0, 0.1) is 22.7 Å². The van der Waals surface area contributed by atoms with Gasteiger partial charge in [-0.3, -0.25) is 9.79 Å².